The molecule has 2 aromatic carbocycles. The largest absolute Gasteiger partial charge is 0.485 e. The molecule has 0 saturated carbocycles. The zero-order valence-electron chi connectivity index (χ0n) is 9.10. The summed E-state index contributed by atoms with van der Waals surface area (Å²) in [7, 11) is 0. The summed E-state index contributed by atoms with van der Waals surface area (Å²) >= 11 is 3.33. The van der Waals surface area contributed by atoms with Crippen LogP contribution in [0, 0.1) is 0 Å². The zero-order chi connectivity index (χ0) is 12.1. The van der Waals surface area contributed by atoms with Gasteiger partial charge in [0.2, 0.25) is 0 Å². The molecule has 0 aromatic heterocycles. The highest BCUT2D eigenvalue weighted by atomic mass is 79.9. The van der Waals surface area contributed by atoms with Gasteiger partial charge in [0.05, 0.1) is 0 Å². The molecule has 17 heavy (non-hydrogen) atoms. The van der Waals surface area contributed by atoms with Crippen LogP contribution in [0.5, 0.6) is 5.75 Å². The normalized spacial score (nSPS) is 9.94. The van der Waals surface area contributed by atoms with Gasteiger partial charge in [0, 0.05) is 10.0 Å². The maximum atomic E-state index is 11.8. The number of ketones is 1. The summed E-state index contributed by atoms with van der Waals surface area (Å²) in [4.78, 5) is 11.8. The molecule has 0 saturated heterocycles. The number of rotatable bonds is 4. The number of ether oxygens (including phenoxy) is 1. The van der Waals surface area contributed by atoms with Gasteiger partial charge in [0.1, 0.15) is 5.75 Å². The molecule has 0 atom stereocenters. The lowest BCUT2D eigenvalue weighted by molar-refractivity contribution is 0.0921. The van der Waals surface area contributed by atoms with Gasteiger partial charge >= 0.3 is 0 Å². The van der Waals surface area contributed by atoms with Crippen LogP contribution in [0.4, 0.5) is 0 Å². The first-order valence-electron chi connectivity index (χ1n) is 5.22. The van der Waals surface area contributed by atoms with Crippen molar-refractivity contribution in [1.29, 1.82) is 0 Å². The van der Waals surface area contributed by atoms with Crippen molar-refractivity contribution in [1.82, 2.24) is 0 Å². The van der Waals surface area contributed by atoms with Gasteiger partial charge < -0.3 is 4.74 Å². The Morgan fingerprint density at radius 2 is 1.65 bits per heavy atom. The molecule has 2 aromatic rings. The summed E-state index contributed by atoms with van der Waals surface area (Å²) in [6, 6.07) is 16.6. The Balaban J connectivity index is 1.96. The maximum Gasteiger partial charge on any atom is 0.200 e. The van der Waals surface area contributed by atoms with E-state index < -0.39 is 0 Å². The van der Waals surface area contributed by atoms with E-state index in [0.29, 0.717) is 11.3 Å². The molecule has 0 aliphatic rings. The smallest absolute Gasteiger partial charge is 0.200 e. The van der Waals surface area contributed by atoms with E-state index in [1.165, 1.54) is 0 Å². The number of benzene rings is 2. The molecule has 86 valence electrons. The lowest BCUT2D eigenvalue weighted by Crippen LogP contribution is -2.11. The zero-order valence-corrected chi connectivity index (χ0v) is 10.7. The van der Waals surface area contributed by atoms with Crippen LogP contribution in [0.2, 0.25) is 0 Å². The average Bonchev–Trinajstić information content (AvgIpc) is 2.38. The minimum Gasteiger partial charge on any atom is -0.485 e. The second kappa shape index (κ2) is 5.64. The lowest BCUT2D eigenvalue weighted by Gasteiger charge is -2.05. The summed E-state index contributed by atoms with van der Waals surface area (Å²) < 4.78 is 6.35. The number of hydrogen-bond donors (Lipinski definition) is 0. The van der Waals surface area contributed by atoms with Crippen molar-refractivity contribution in [3.63, 3.8) is 0 Å². The Morgan fingerprint density at radius 3 is 2.29 bits per heavy atom. The van der Waals surface area contributed by atoms with Gasteiger partial charge in [-0.15, -0.1) is 0 Å². The first-order valence-corrected chi connectivity index (χ1v) is 6.01. The van der Waals surface area contributed by atoms with Crippen LogP contribution in [0.3, 0.4) is 0 Å². The summed E-state index contributed by atoms with van der Waals surface area (Å²) in [6.07, 6.45) is 0. The quantitative estimate of drug-likeness (QED) is 0.803. The Bertz CT molecular complexity index is 491. The molecule has 0 heterocycles. The highest BCUT2D eigenvalue weighted by Crippen LogP contribution is 2.12. The number of Topliss-reactive ketones (excluding diaryl/α,β-unsaturated/α-hetero) is 1. The predicted molar refractivity (Wildman–Crippen MR) is 70.4 cm³/mol. The highest BCUT2D eigenvalue weighted by molar-refractivity contribution is 9.10. The van der Waals surface area contributed by atoms with Crippen LogP contribution in [0.25, 0.3) is 0 Å². The number of hydrogen-bond acceptors (Lipinski definition) is 2. The topological polar surface area (TPSA) is 26.3 Å². The van der Waals surface area contributed by atoms with Crippen molar-refractivity contribution in [3.05, 3.63) is 64.6 Å². The number of carbonyl (C=O) groups is 1. The van der Waals surface area contributed by atoms with Crippen molar-refractivity contribution in [2.45, 2.75) is 0 Å². The van der Waals surface area contributed by atoms with Crippen LogP contribution in [0.15, 0.2) is 59.1 Å². The maximum absolute atomic E-state index is 11.8. The molecule has 0 aliphatic heterocycles. The fraction of sp³-hybridized carbons (Fsp3) is 0.0714. The predicted octanol–water partition coefficient (Wildman–Crippen LogP) is 3.71. The van der Waals surface area contributed by atoms with Crippen LogP contribution in [-0.4, -0.2) is 12.4 Å². The van der Waals surface area contributed by atoms with E-state index in [1.807, 2.05) is 42.5 Å². The fourth-order valence-electron chi connectivity index (χ4n) is 1.38. The first kappa shape index (κ1) is 11.9. The Labute approximate surface area is 108 Å². The summed E-state index contributed by atoms with van der Waals surface area (Å²) in [5.74, 6) is 0.680. The number of para-hydroxylation sites is 1. The van der Waals surface area contributed by atoms with Crippen molar-refractivity contribution >= 4 is 21.7 Å². The van der Waals surface area contributed by atoms with Gasteiger partial charge in [0.15, 0.2) is 12.4 Å². The van der Waals surface area contributed by atoms with Crippen molar-refractivity contribution < 1.29 is 9.53 Å². The molecule has 0 bridgehead atoms. The standard InChI is InChI=1S/C14H11BrO2/c15-12-8-6-11(7-9-12)14(16)10-17-13-4-2-1-3-5-13/h1-9H,10H2. The van der Waals surface area contributed by atoms with Crippen LogP contribution in [0.1, 0.15) is 10.4 Å². The van der Waals surface area contributed by atoms with Gasteiger partial charge in [0.25, 0.3) is 0 Å². The minimum atomic E-state index is -0.0265. The average molecular weight is 291 g/mol. The third-order valence-electron chi connectivity index (χ3n) is 2.28. The molecule has 0 amide bonds. The van der Waals surface area contributed by atoms with E-state index in [-0.39, 0.29) is 12.4 Å². The lowest BCUT2D eigenvalue weighted by atomic mass is 10.1. The number of halogens is 1. The molecule has 0 radical (unpaired) electrons. The van der Waals surface area contributed by atoms with E-state index in [2.05, 4.69) is 15.9 Å². The second-order valence-corrected chi connectivity index (χ2v) is 4.45. The minimum absolute atomic E-state index is 0.0265. The first-order chi connectivity index (χ1) is 8.25. The second-order valence-electron chi connectivity index (χ2n) is 3.53. The third-order valence-corrected chi connectivity index (χ3v) is 2.81. The van der Waals surface area contributed by atoms with E-state index >= 15 is 0 Å². The van der Waals surface area contributed by atoms with Crippen LogP contribution >= 0.6 is 15.9 Å². The Hall–Kier alpha value is -1.61. The van der Waals surface area contributed by atoms with E-state index in [0.717, 1.165) is 4.47 Å². The van der Waals surface area contributed by atoms with Gasteiger partial charge in [-0.25, -0.2) is 0 Å². The summed E-state index contributed by atoms with van der Waals surface area (Å²) in [5.41, 5.74) is 0.657. The number of carbonyl (C=O) groups excluding carboxylic acids is 1. The van der Waals surface area contributed by atoms with Crippen molar-refractivity contribution in [2.24, 2.45) is 0 Å². The van der Waals surface area contributed by atoms with E-state index in [9.17, 15) is 4.79 Å². The Morgan fingerprint density at radius 1 is 1.00 bits per heavy atom. The van der Waals surface area contributed by atoms with Crippen molar-refractivity contribution in [2.75, 3.05) is 6.61 Å². The van der Waals surface area contributed by atoms with Crippen LogP contribution < -0.4 is 4.74 Å². The molecule has 0 aliphatic carbocycles. The molecule has 0 fully saturated rings. The molecular formula is C14H11BrO2. The van der Waals surface area contributed by atoms with Crippen molar-refractivity contribution in [3.8, 4) is 5.75 Å². The van der Waals surface area contributed by atoms with E-state index in [4.69, 9.17) is 4.74 Å². The van der Waals surface area contributed by atoms with E-state index in [1.54, 1.807) is 12.1 Å². The van der Waals surface area contributed by atoms with Gasteiger partial charge in [-0.1, -0.05) is 46.3 Å². The SMILES string of the molecule is O=C(COc1ccccc1)c1ccc(Br)cc1. The summed E-state index contributed by atoms with van der Waals surface area (Å²) in [5, 5.41) is 0. The Kier molecular flexibility index (Phi) is 3.94. The highest BCUT2D eigenvalue weighted by Gasteiger charge is 2.06. The molecule has 2 nitrogen and oxygen atoms in total. The monoisotopic (exact) mass is 290 g/mol. The summed E-state index contributed by atoms with van der Waals surface area (Å²) in [6.45, 7) is 0.0612. The molecule has 0 unspecified atom stereocenters. The van der Waals surface area contributed by atoms with Gasteiger partial charge in [-0.3, -0.25) is 4.79 Å². The molecule has 0 spiro atoms. The molecular weight excluding hydrogens is 280 g/mol. The van der Waals surface area contributed by atoms with Crippen LogP contribution in [-0.2, 0) is 0 Å². The molecule has 2 rings (SSSR count). The molecule has 0 N–H and O–H groups in total. The van der Waals surface area contributed by atoms with Gasteiger partial charge in [-0.05, 0) is 24.3 Å². The molecule has 3 heteroatoms. The fourth-order valence-corrected chi connectivity index (χ4v) is 1.65. The van der Waals surface area contributed by atoms with Gasteiger partial charge in [-0.2, -0.15) is 0 Å². The third kappa shape index (κ3) is 3.43.